The van der Waals surface area contributed by atoms with Gasteiger partial charge in [0.25, 0.3) is 5.91 Å². The Morgan fingerprint density at radius 3 is 2.73 bits per heavy atom. The van der Waals surface area contributed by atoms with E-state index < -0.39 is 0 Å². The zero-order valence-corrected chi connectivity index (χ0v) is 12.7. The van der Waals surface area contributed by atoms with E-state index in [0.717, 1.165) is 22.4 Å². The summed E-state index contributed by atoms with van der Waals surface area (Å²) in [6, 6.07) is 15.0. The third-order valence-electron chi connectivity index (χ3n) is 3.38. The number of methoxy groups -OCH3 is 1. The monoisotopic (exact) mass is 294 g/mol. The molecule has 0 saturated carbocycles. The fraction of sp³-hybridized carbons (Fsp3) is 0.222. The summed E-state index contributed by atoms with van der Waals surface area (Å²) in [4.78, 5) is 12.2. The smallest absolute Gasteiger partial charge is 0.251 e. The average Bonchev–Trinajstić information content (AvgIpc) is 2.53. The molecule has 2 rings (SSSR count). The topological polar surface area (TPSA) is 62.1 Å². The lowest BCUT2D eigenvalue weighted by molar-refractivity contribution is 0.0951. The third kappa shape index (κ3) is 3.86. The van der Waals surface area contributed by atoms with Crippen LogP contribution in [-0.2, 0) is 13.0 Å². The van der Waals surface area contributed by atoms with Gasteiger partial charge in [-0.3, -0.25) is 4.79 Å². The molecule has 2 aromatic rings. The number of hydrogen-bond acceptors (Lipinski definition) is 3. The minimum absolute atomic E-state index is 0.145. The normalized spacial score (nSPS) is 9.86. The number of rotatable bonds is 5. The molecule has 112 valence electrons. The molecule has 0 aromatic heterocycles. The molecule has 0 fully saturated rings. The van der Waals surface area contributed by atoms with Crippen molar-refractivity contribution in [3.8, 4) is 11.8 Å². The second-order valence-electron chi connectivity index (χ2n) is 5.02. The summed E-state index contributed by atoms with van der Waals surface area (Å²) in [6.45, 7) is 2.42. The summed E-state index contributed by atoms with van der Waals surface area (Å²) in [6.07, 6.45) is 0.304. The maximum atomic E-state index is 12.2. The molecule has 0 bridgehead atoms. The van der Waals surface area contributed by atoms with E-state index in [1.165, 1.54) is 0 Å². The lowest BCUT2D eigenvalue weighted by atomic mass is 10.1. The number of nitrogens with one attached hydrogen (secondary N) is 1. The number of amides is 1. The molecule has 0 unspecified atom stereocenters. The first-order valence-electron chi connectivity index (χ1n) is 7.01. The van der Waals surface area contributed by atoms with Crippen LogP contribution >= 0.6 is 0 Å². The van der Waals surface area contributed by atoms with Gasteiger partial charge in [0.2, 0.25) is 0 Å². The van der Waals surface area contributed by atoms with E-state index in [4.69, 9.17) is 10.00 Å². The van der Waals surface area contributed by atoms with Crippen molar-refractivity contribution in [1.82, 2.24) is 5.32 Å². The van der Waals surface area contributed by atoms with Gasteiger partial charge in [-0.15, -0.1) is 0 Å². The largest absolute Gasteiger partial charge is 0.496 e. The highest BCUT2D eigenvalue weighted by Gasteiger charge is 2.07. The molecule has 2 aromatic carbocycles. The first-order chi connectivity index (χ1) is 10.6. The Morgan fingerprint density at radius 1 is 1.23 bits per heavy atom. The maximum Gasteiger partial charge on any atom is 0.251 e. The predicted molar refractivity (Wildman–Crippen MR) is 84.7 cm³/mol. The molecule has 1 amide bonds. The second-order valence-corrected chi connectivity index (χ2v) is 5.02. The molecule has 0 aliphatic carbocycles. The van der Waals surface area contributed by atoms with Crippen LogP contribution in [0.3, 0.4) is 0 Å². The van der Waals surface area contributed by atoms with Crippen LogP contribution in [0.5, 0.6) is 5.75 Å². The second kappa shape index (κ2) is 7.28. The number of nitrogens with zero attached hydrogens (tertiary/aromatic N) is 1. The van der Waals surface area contributed by atoms with Gasteiger partial charge in [0.1, 0.15) is 5.75 Å². The fourth-order valence-corrected chi connectivity index (χ4v) is 2.25. The van der Waals surface area contributed by atoms with E-state index in [2.05, 4.69) is 11.4 Å². The molecule has 1 N–H and O–H groups in total. The molecule has 0 spiro atoms. The Labute approximate surface area is 130 Å². The number of nitriles is 1. The Bertz CT molecular complexity index is 717. The van der Waals surface area contributed by atoms with Crippen molar-refractivity contribution in [1.29, 1.82) is 5.26 Å². The van der Waals surface area contributed by atoms with Crippen LogP contribution in [0.4, 0.5) is 0 Å². The number of benzene rings is 2. The van der Waals surface area contributed by atoms with Gasteiger partial charge in [0.05, 0.1) is 19.6 Å². The summed E-state index contributed by atoms with van der Waals surface area (Å²) in [5.74, 6) is 0.688. The van der Waals surface area contributed by atoms with Crippen molar-refractivity contribution in [2.24, 2.45) is 0 Å². The molecule has 0 saturated heterocycles. The number of hydrogen-bond donors (Lipinski definition) is 1. The molecular formula is C18H18N2O2. The number of ether oxygens (including phenoxy) is 1. The summed E-state index contributed by atoms with van der Waals surface area (Å²) < 4.78 is 5.22. The van der Waals surface area contributed by atoms with E-state index in [9.17, 15) is 4.79 Å². The molecule has 4 heteroatoms. The van der Waals surface area contributed by atoms with Crippen LogP contribution in [0.15, 0.2) is 42.5 Å². The Morgan fingerprint density at radius 2 is 2.05 bits per heavy atom. The van der Waals surface area contributed by atoms with E-state index in [1.54, 1.807) is 25.3 Å². The lowest BCUT2D eigenvalue weighted by Gasteiger charge is -2.09. The predicted octanol–water partition coefficient (Wildman–Crippen LogP) is 3.00. The van der Waals surface area contributed by atoms with Crippen LogP contribution in [0.2, 0.25) is 0 Å². The summed E-state index contributed by atoms with van der Waals surface area (Å²) in [5, 5.41) is 11.6. The average molecular weight is 294 g/mol. The Hall–Kier alpha value is -2.80. The number of carbonyl (C=O) groups is 1. The number of carbonyl (C=O) groups excluding carboxylic acids is 1. The minimum atomic E-state index is -0.145. The molecule has 0 heterocycles. The maximum absolute atomic E-state index is 12.2. The van der Waals surface area contributed by atoms with E-state index in [-0.39, 0.29) is 5.91 Å². The fourth-order valence-electron chi connectivity index (χ4n) is 2.25. The van der Waals surface area contributed by atoms with Gasteiger partial charge < -0.3 is 10.1 Å². The molecule has 22 heavy (non-hydrogen) atoms. The van der Waals surface area contributed by atoms with Crippen LogP contribution < -0.4 is 10.1 Å². The highest BCUT2D eigenvalue weighted by molar-refractivity contribution is 5.94. The summed E-state index contributed by atoms with van der Waals surface area (Å²) in [5.41, 5.74) is 3.46. The van der Waals surface area contributed by atoms with Gasteiger partial charge in [0, 0.05) is 12.1 Å². The first-order valence-corrected chi connectivity index (χ1v) is 7.01. The van der Waals surface area contributed by atoms with Gasteiger partial charge >= 0.3 is 0 Å². The highest BCUT2D eigenvalue weighted by Crippen LogP contribution is 2.18. The molecule has 4 nitrogen and oxygen atoms in total. The molecule has 0 atom stereocenters. The van der Waals surface area contributed by atoms with Gasteiger partial charge in [-0.1, -0.05) is 24.3 Å². The zero-order valence-electron chi connectivity index (χ0n) is 12.7. The standard InChI is InChI=1S/C18H18N2O2/c1-13-10-15(6-7-17(13)22-2)12-20-18(21)16-5-3-4-14(11-16)8-9-19/h3-7,10-11H,8,12H2,1-2H3,(H,20,21). The number of aryl methyl sites for hydroxylation is 1. The van der Waals surface area contributed by atoms with Crippen LogP contribution in [0, 0.1) is 18.3 Å². The first kappa shape index (κ1) is 15.6. The SMILES string of the molecule is COc1ccc(CNC(=O)c2cccc(CC#N)c2)cc1C. The van der Waals surface area contributed by atoms with Crippen molar-refractivity contribution >= 4 is 5.91 Å². The van der Waals surface area contributed by atoms with Crippen LogP contribution in [0.1, 0.15) is 27.0 Å². The summed E-state index contributed by atoms with van der Waals surface area (Å²) >= 11 is 0. The van der Waals surface area contributed by atoms with Crippen molar-refractivity contribution in [2.45, 2.75) is 19.9 Å². The summed E-state index contributed by atoms with van der Waals surface area (Å²) in [7, 11) is 1.64. The third-order valence-corrected chi connectivity index (χ3v) is 3.38. The highest BCUT2D eigenvalue weighted by atomic mass is 16.5. The van der Waals surface area contributed by atoms with Gasteiger partial charge in [-0.25, -0.2) is 0 Å². The molecule has 0 aliphatic rings. The molecule has 0 radical (unpaired) electrons. The molecular weight excluding hydrogens is 276 g/mol. The van der Waals surface area contributed by atoms with Crippen molar-refractivity contribution in [3.05, 3.63) is 64.7 Å². The quantitative estimate of drug-likeness (QED) is 0.922. The van der Waals surface area contributed by atoms with E-state index in [1.807, 2.05) is 31.2 Å². The van der Waals surface area contributed by atoms with Crippen molar-refractivity contribution in [2.75, 3.05) is 7.11 Å². The van der Waals surface area contributed by atoms with Crippen LogP contribution in [-0.4, -0.2) is 13.0 Å². The van der Waals surface area contributed by atoms with Crippen molar-refractivity contribution < 1.29 is 9.53 Å². The van der Waals surface area contributed by atoms with Gasteiger partial charge in [-0.2, -0.15) is 5.26 Å². The van der Waals surface area contributed by atoms with Crippen molar-refractivity contribution in [3.63, 3.8) is 0 Å². The van der Waals surface area contributed by atoms with Gasteiger partial charge in [0.15, 0.2) is 0 Å². The molecule has 0 aliphatic heterocycles. The van der Waals surface area contributed by atoms with E-state index in [0.29, 0.717) is 18.5 Å². The Balaban J connectivity index is 2.02. The van der Waals surface area contributed by atoms with E-state index >= 15 is 0 Å². The Kier molecular flexibility index (Phi) is 5.16. The lowest BCUT2D eigenvalue weighted by Crippen LogP contribution is -2.22. The van der Waals surface area contributed by atoms with Gasteiger partial charge in [-0.05, 0) is 41.8 Å². The van der Waals surface area contributed by atoms with Crippen LogP contribution in [0.25, 0.3) is 0 Å². The minimum Gasteiger partial charge on any atom is -0.496 e. The zero-order chi connectivity index (χ0) is 15.9.